The van der Waals surface area contributed by atoms with Crippen LogP contribution in [0.25, 0.3) is 0 Å². The van der Waals surface area contributed by atoms with E-state index in [1.165, 1.54) is 5.56 Å². The number of piperidine rings is 1. The van der Waals surface area contributed by atoms with Crippen molar-refractivity contribution in [1.82, 2.24) is 14.9 Å². The Kier molecular flexibility index (Phi) is 5.08. The van der Waals surface area contributed by atoms with Crippen molar-refractivity contribution < 1.29 is 4.79 Å². The molecule has 1 atom stereocenters. The fourth-order valence-corrected chi connectivity index (χ4v) is 3.18. The highest BCUT2D eigenvalue weighted by atomic mass is 16.2. The van der Waals surface area contributed by atoms with Crippen LogP contribution in [0.4, 0.5) is 5.82 Å². The molecule has 24 heavy (non-hydrogen) atoms. The van der Waals surface area contributed by atoms with Crippen molar-refractivity contribution in [3.63, 3.8) is 0 Å². The summed E-state index contributed by atoms with van der Waals surface area (Å²) in [7, 11) is 3.99. The molecule has 0 aliphatic carbocycles. The van der Waals surface area contributed by atoms with Gasteiger partial charge in [-0.05, 0) is 42.7 Å². The highest BCUT2D eigenvalue weighted by Crippen LogP contribution is 2.28. The lowest BCUT2D eigenvalue weighted by Crippen LogP contribution is -2.40. The Labute approximate surface area is 143 Å². The zero-order valence-corrected chi connectivity index (χ0v) is 14.4. The van der Waals surface area contributed by atoms with E-state index in [4.69, 9.17) is 0 Å². The van der Waals surface area contributed by atoms with E-state index in [2.05, 4.69) is 22.1 Å². The summed E-state index contributed by atoms with van der Waals surface area (Å²) in [6.45, 7) is 1.62. The minimum atomic E-state index is 0.167. The predicted molar refractivity (Wildman–Crippen MR) is 95.1 cm³/mol. The monoisotopic (exact) mass is 324 g/mol. The highest BCUT2D eigenvalue weighted by Gasteiger charge is 2.25. The van der Waals surface area contributed by atoms with Gasteiger partial charge in [-0.1, -0.05) is 6.07 Å². The molecule has 1 unspecified atom stereocenters. The number of carbonyl (C=O) groups is 1. The SMILES string of the molecule is CN(C)c1cc(C2CCCN(C(=O)Cc3ccccn3)C2)ccn1. The molecule has 1 fully saturated rings. The lowest BCUT2D eigenvalue weighted by atomic mass is 9.91. The number of hydrogen-bond donors (Lipinski definition) is 0. The average molecular weight is 324 g/mol. The van der Waals surface area contributed by atoms with E-state index >= 15 is 0 Å². The van der Waals surface area contributed by atoms with E-state index in [1.807, 2.05) is 48.3 Å². The van der Waals surface area contributed by atoms with Gasteiger partial charge in [0.15, 0.2) is 0 Å². The zero-order valence-electron chi connectivity index (χ0n) is 14.4. The Hall–Kier alpha value is -2.43. The van der Waals surface area contributed by atoms with E-state index in [9.17, 15) is 4.79 Å². The van der Waals surface area contributed by atoms with Crippen molar-refractivity contribution in [2.24, 2.45) is 0 Å². The summed E-state index contributed by atoms with van der Waals surface area (Å²) in [4.78, 5) is 25.2. The fourth-order valence-electron chi connectivity index (χ4n) is 3.18. The van der Waals surface area contributed by atoms with Gasteiger partial charge in [0.25, 0.3) is 0 Å². The first-order valence-electron chi connectivity index (χ1n) is 8.44. The fraction of sp³-hybridized carbons (Fsp3) is 0.421. The van der Waals surface area contributed by atoms with Crippen LogP contribution in [0.1, 0.15) is 30.0 Å². The second kappa shape index (κ2) is 7.43. The third kappa shape index (κ3) is 3.91. The summed E-state index contributed by atoms with van der Waals surface area (Å²) < 4.78 is 0. The van der Waals surface area contributed by atoms with E-state index < -0.39 is 0 Å². The topological polar surface area (TPSA) is 49.3 Å². The molecule has 2 aromatic rings. The number of aromatic nitrogens is 2. The van der Waals surface area contributed by atoms with E-state index in [1.54, 1.807) is 6.20 Å². The predicted octanol–water partition coefficient (Wildman–Crippen LogP) is 2.49. The molecule has 0 bridgehead atoms. The van der Waals surface area contributed by atoms with Crippen LogP contribution in [0.15, 0.2) is 42.7 Å². The van der Waals surface area contributed by atoms with Crippen molar-refractivity contribution in [2.45, 2.75) is 25.2 Å². The van der Waals surface area contributed by atoms with Gasteiger partial charge in [0.1, 0.15) is 5.82 Å². The largest absolute Gasteiger partial charge is 0.363 e. The maximum atomic E-state index is 12.6. The molecule has 5 nitrogen and oxygen atoms in total. The quantitative estimate of drug-likeness (QED) is 0.867. The molecule has 3 rings (SSSR count). The van der Waals surface area contributed by atoms with Gasteiger partial charge >= 0.3 is 0 Å². The van der Waals surface area contributed by atoms with Crippen LogP contribution < -0.4 is 4.90 Å². The second-order valence-corrected chi connectivity index (χ2v) is 6.52. The molecule has 0 radical (unpaired) electrons. The van der Waals surface area contributed by atoms with E-state index in [0.29, 0.717) is 12.3 Å². The Balaban J connectivity index is 1.68. The van der Waals surface area contributed by atoms with Crippen LogP contribution in [0.2, 0.25) is 0 Å². The maximum absolute atomic E-state index is 12.6. The lowest BCUT2D eigenvalue weighted by molar-refractivity contribution is -0.131. The molecule has 5 heteroatoms. The third-order valence-corrected chi connectivity index (χ3v) is 4.53. The molecule has 0 aromatic carbocycles. The molecule has 0 saturated carbocycles. The van der Waals surface area contributed by atoms with Crippen LogP contribution >= 0.6 is 0 Å². The van der Waals surface area contributed by atoms with Crippen LogP contribution in [0, 0.1) is 0 Å². The molecule has 0 spiro atoms. The number of likely N-dealkylation sites (tertiary alicyclic amines) is 1. The molecule has 3 heterocycles. The van der Waals surface area contributed by atoms with Crippen molar-refractivity contribution in [2.75, 3.05) is 32.1 Å². The smallest absolute Gasteiger partial charge is 0.228 e. The summed E-state index contributed by atoms with van der Waals surface area (Å²) in [5.41, 5.74) is 2.10. The van der Waals surface area contributed by atoms with Crippen LogP contribution in [0.5, 0.6) is 0 Å². The average Bonchev–Trinajstić information content (AvgIpc) is 2.63. The van der Waals surface area contributed by atoms with E-state index in [0.717, 1.165) is 37.4 Å². The normalized spacial score (nSPS) is 17.6. The van der Waals surface area contributed by atoms with Gasteiger partial charge in [0.2, 0.25) is 5.91 Å². The van der Waals surface area contributed by atoms with E-state index in [-0.39, 0.29) is 5.91 Å². The zero-order chi connectivity index (χ0) is 16.9. The summed E-state index contributed by atoms with van der Waals surface area (Å²) >= 11 is 0. The summed E-state index contributed by atoms with van der Waals surface area (Å²) in [6.07, 6.45) is 6.13. The lowest BCUT2D eigenvalue weighted by Gasteiger charge is -2.33. The van der Waals surface area contributed by atoms with Crippen LogP contribution in [0.3, 0.4) is 0 Å². The Morgan fingerprint density at radius 3 is 2.88 bits per heavy atom. The second-order valence-electron chi connectivity index (χ2n) is 6.52. The molecular weight excluding hydrogens is 300 g/mol. The molecule has 2 aromatic heterocycles. The number of nitrogens with zero attached hydrogens (tertiary/aromatic N) is 4. The first-order chi connectivity index (χ1) is 11.6. The van der Waals surface area contributed by atoms with Crippen molar-refractivity contribution in [1.29, 1.82) is 0 Å². The van der Waals surface area contributed by atoms with Gasteiger partial charge in [0.05, 0.1) is 6.42 Å². The number of rotatable bonds is 4. The summed E-state index contributed by atoms with van der Waals surface area (Å²) in [6, 6.07) is 9.92. The minimum absolute atomic E-state index is 0.167. The standard InChI is InChI=1S/C19H24N4O/c1-22(2)18-12-15(8-10-21-18)16-6-5-11-23(14-16)19(24)13-17-7-3-4-9-20-17/h3-4,7-10,12,16H,5-6,11,13-14H2,1-2H3. The first kappa shape index (κ1) is 16.4. The molecule has 1 amide bonds. The molecule has 1 saturated heterocycles. The number of anilines is 1. The number of amides is 1. The number of pyridine rings is 2. The van der Waals surface area contributed by atoms with Crippen LogP contribution in [-0.4, -0.2) is 48.0 Å². The molecular formula is C19H24N4O. The molecule has 1 aliphatic heterocycles. The number of hydrogen-bond acceptors (Lipinski definition) is 4. The third-order valence-electron chi connectivity index (χ3n) is 4.53. The Morgan fingerprint density at radius 2 is 2.12 bits per heavy atom. The Morgan fingerprint density at radius 1 is 1.25 bits per heavy atom. The van der Waals surface area contributed by atoms with Gasteiger partial charge in [-0.3, -0.25) is 9.78 Å². The van der Waals surface area contributed by atoms with Gasteiger partial charge in [-0.25, -0.2) is 4.98 Å². The van der Waals surface area contributed by atoms with Gasteiger partial charge in [-0.2, -0.15) is 0 Å². The van der Waals surface area contributed by atoms with Crippen LogP contribution in [-0.2, 0) is 11.2 Å². The summed E-state index contributed by atoms with van der Waals surface area (Å²) in [5, 5.41) is 0. The minimum Gasteiger partial charge on any atom is -0.363 e. The maximum Gasteiger partial charge on any atom is 0.228 e. The Bertz CT molecular complexity index is 687. The highest BCUT2D eigenvalue weighted by molar-refractivity contribution is 5.78. The summed E-state index contributed by atoms with van der Waals surface area (Å²) in [5.74, 6) is 1.51. The molecule has 126 valence electrons. The van der Waals surface area contributed by atoms with Gasteiger partial charge in [-0.15, -0.1) is 0 Å². The first-order valence-corrected chi connectivity index (χ1v) is 8.44. The van der Waals surface area contributed by atoms with Gasteiger partial charge < -0.3 is 9.80 Å². The van der Waals surface area contributed by atoms with Crippen molar-refractivity contribution in [3.05, 3.63) is 54.0 Å². The number of carbonyl (C=O) groups excluding carboxylic acids is 1. The molecule has 0 N–H and O–H groups in total. The van der Waals surface area contributed by atoms with Gasteiger partial charge in [0, 0.05) is 51.2 Å². The van der Waals surface area contributed by atoms with Crippen molar-refractivity contribution >= 4 is 11.7 Å². The van der Waals surface area contributed by atoms with Crippen molar-refractivity contribution in [3.8, 4) is 0 Å². The molecule has 1 aliphatic rings.